The first kappa shape index (κ1) is 16.0. The van der Waals surface area contributed by atoms with Gasteiger partial charge in [-0.1, -0.05) is 0 Å². The Labute approximate surface area is 132 Å². The molecule has 0 saturated carbocycles. The van der Waals surface area contributed by atoms with Gasteiger partial charge in [0.2, 0.25) is 10.0 Å². The van der Waals surface area contributed by atoms with Gasteiger partial charge in [-0.2, -0.15) is 4.31 Å². The molecule has 122 valence electrons. The van der Waals surface area contributed by atoms with E-state index in [0.29, 0.717) is 31.7 Å². The summed E-state index contributed by atoms with van der Waals surface area (Å²) in [7, 11) is -3.24. The van der Waals surface area contributed by atoms with Gasteiger partial charge in [-0.25, -0.2) is 8.42 Å². The normalized spacial score (nSPS) is 42.8. The molecule has 0 aliphatic carbocycles. The molecule has 2 bridgehead atoms. The van der Waals surface area contributed by atoms with Crippen LogP contribution in [0.4, 0.5) is 0 Å². The summed E-state index contributed by atoms with van der Waals surface area (Å²) < 4.78 is 38.2. The van der Waals surface area contributed by atoms with Gasteiger partial charge in [0.05, 0.1) is 31.7 Å². The van der Waals surface area contributed by atoms with E-state index < -0.39 is 10.0 Å². The first-order valence-corrected chi connectivity index (χ1v) is 9.19. The Hall–Kier alpha value is 0.0800. The van der Waals surface area contributed by atoms with Crippen molar-refractivity contribution < 1.29 is 17.9 Å². The maximum Gasteiger partial charge on any atom is 0.217 e. The summed E-state index contributed by atoms with van der Waals surface area (Å²) in [6.07, 6.45) is 1.75. The van der Waals surface area contributed by atoms with Crippen molar-refractivity contribution >= 4 is 22.4 Å². The van der Waals surface area contributed by atoms with Crippen LogP contribution in [0, 0.1) is 11.8 Å². The average molecular weight is 339 g/mol. The monoisotopic (exact) mass is 338 g/mol. The Morgan fingerprint density at radius 2 is 1.76 bits per heavy atom. The fourth-order valence-electron chi connectivity index (χ4n) is 4.58. The summed E-state index contributed by atoms with van der Waals surface area (Å²) in [5.41, 5.74) is 0. The fraction of sp³-hybridized carbons (Fsp3) is 1.00. The Morgan fingerprint density at radius 3 is 2.33 bits per heavy atom. The van der Waals surface area contributed by atoms with Gasteiger partial charge in [0.15, 0.2) is 0 Å². The second kappa shape index (κ2) is 5.94. The van der Waals surface area contributed by atoms with E-state index in [-0.39, 0.29) is 36.3 Å². The van der Waals surface area contributed by atoms with Gasteiger partial charge < -0.3 is 14.8 Å². The fourth-order valence-corrected chi connectivity index (χ4v) is 6.76. The number of nitrogens with one attached hydrogen (secondary N) is 1. The topological polar surface area (TPSA) is 67.9 Å². The molecular weight excluding hydrogens is 316 g/mol. The predicted molar refractivity (Wildman–Crippen MR) is 80.1 cm³/mol. The molecule has 4 rings (SSSR count). The number of ether oxygens (including phenoxy) is 2. The van der Waals surface area contributed by atoms with Crippen LogP contribution < -0.4 is 5.32 Å². The van der Waals surface area contributed by atoms with E-state index in [1.54, 1.807) is 0 Å². The quantitative estimate of drug-likeness (QED) is 0.774. The Morgan fingerprint density at radius 1 is 1.10 bits per heavy atom. The first-order chi connectivity index (χ1) is 9.67. The number of nitrogens with zero attached hydrogens (tertiary/aromatic N) is 1. The van der Waals surface area contributed by atoms with Crippen LogP contribution in [0.5, 0.6) is 0 Å². The van der Waals surface area contributed by atoms with Crippen molar-refractivity contribution in [3.05, 3.63) is 0 Å². The maximum absolute atomic E-state index is 12.8. The van der Waals surface area contributed by atoms with Crippen LogP contribution >= 0.6 is 12.4 Å². The van der Waals surface area contributed by atoms with E-state index in [4.69, 9.17) is 9.47 Å². The lowest BCUT2D eigenvalue weighted by molar-refractivity contribution is -0.0785. The summed E-state index contributed by atoms with van der Waals surface area (Å²) in [6.45, 7) is 3.42. The van der Waals surface area contributed by atoms with E-state index in [1.807, 2.05) is 4.31 Å². The van der Waals surface area contributed by atoms with Crippen molar-refractivity contribution in [2.24, 2.45) is 11.8 Å². The molecular formula is C13H23ClN2O4S. The predicted octanol–water partition coefficient (Wildman–Crippen LogP) is -0.164. The molecule has 8 heteroatoms. The molecule has 4 heterocycles. The number of rotatable bonds is 3. The number of halogens is 1. The molecule has 4 aliphatic heterocycles. The Balaban J connectivity index is 0.00000132. The van der Waals surface area contributed by atoms with E-state index >= 15 is 0 Å². The van der Waals surface area contributed by atoms with Crippen LogP contribution in [0.1, 0.15) is 12.8 Å². The van der Waals surface area contributed by atoms with Gasteiger partial charge >= 0.3 is 0 Å². The lowest BCUT2D eigenvalue weighted by atomic mass is 9.82. The smallest absolute Gasteiger partial charge is 0.217 e. The molecule has 0 aromatic heterocycles. The highest BCUT2D eigenvalue weighted by atomic mass is 35.5. The third kappa shape index (κ3) is 2.62. The molecule has 1 N–H and O–H groups in total. The molecule has 0 aromatic carbocycles. The molecule has 5 atom stereocenters. The van der Waals surface area contributed by atoms with Gasteiger partial charge in [0.1, 0.15) is 0 Å². The Bertz CT molecular complexity index is 465. The van der Waals surface area contributed by atoms with Crippen LogP contribution in [0.3, 0.4) is 0 Å². The van der Waals surface area contributed by atoms with E-state index in [1.165, 1.54) is 0 Å². The number of sulfonamides is 1. The molecule has 4 saturated heterocycles. The minimum atomic E-state index is -3.24. The van der Waals surface area contributed by atoms with Crippen LogP contribution in [0.25, 0.3) is 0 Å². The van der Waals surface area contributed by atoms with Crippen molar-refractivity contribution in [1.29, 1.82) is 0 Å². The molecule has 21 heavy (non-hydrogen) atoms. The molecule has 0 radical (unpaired) electrons. The number of hydrogen-bond acceptors (Lipinski definition) is 5. The summed E-state index contributed by atoms with van der Waals surface area (Å²) in [5, 5.41) is 3.41. The second-order valence-electron chi connectivity index (χ2n) is 6.37. The van der Waals surface area contributed by atoms with Crippen molar-refractivity contribution in [3.8, 4) is 0 Å². The van der Waals surface area contributed by atoms with E-state index in [9.17, 15) is 8.42 Å². The van der Waals surface area contributed by atoms with E-state index in [2.05, 4.69) is 5.32 Å². The van der Waals surface area contributed by atoms with Crippen LogP contribution in [0.2, 0.25) is 0 Å². The molecule has 4 fully saturated rings. The summed E-state index contributed by atoms with van der Waals surface area (Å²) in [6, 6.07) is 0.434. The second-order valence-corrected chi connectivity index (χ2v) is 8.29. The zero-order chi connectivity index (χ0) is 13.7. The zero-order valence-electron chi connectivity index (χ0n) is 11.9. The van der Waals surface area contributed by atoms with Crippen LogP contribution in [-0.2, 0) is 19.5 Å². The maximum atomic E-state index is 12.8. The van der Waals surface area contributed by atoms with Gasteiger partial charge in [0, 0.05) is 12.1 Å². The van der Waals surface area contributed by atoms with Crippen LogP contribution in [0.15, 0.2) is 0 Å². The lowest BCUT2D eigenvalue weighted by Gasteiger charge is -2.28. The third-order valence-electron chi connectivity index (χ3n) is 5.31. The number of hydrogen-bond donors (Lipinski definition) is 1. The SMILES string of the molecule is Cl.O=S(=O)(CC1COCCO1)N1[C@@H]2CC[C@H]1[C@H]1CNC[C@H]12. The number of fused-ring (bicyclic) bond motifs is 5. The van der Waals surface area contributed by atoms with Crippen molar-refractivity contribution in [2.45, 2.75) is 31.0 Å². The highest BCUT2D eigenvalue weighted by Crippen LogP contribution is 2.48. The molecule has 1 unspecified atom stereocenters. The summed E-state index contributed by atoms with van der Waals surface area (Å²) in [4.78, 5) is 0. The van der Waals surface area contributed by atoms with Gasteiger partial charge in [0.25, 0.3) is 0 Å². The van der Waals surface area contributed by atoms with Crippen molar-refractivity contribution in [3.63, 3.8) is 0 Å². The molecule has 0 amide bonds. The van der Waals surface area contributed by atoms with Gasteiger partial charge in [-0.15, -0.1) is 12.4 Å². The Kier molecular flexibility index (Phi) is 4.51. The minimum absolute atomic E-state index is 0. The summed E-state index contributed by atoms with van der Waals surface area (Å²) in [5.74, 6) is 1.12. The third-order valence-corrected chi connectivity index (χ3v) is 7.29. The van der Waals surface area contributed by atoms with Gasteiger partial charge in [-0.3, -0.25) is 0 Å². The standard InChI is InChI=1S/C13H22N2O4S.ClH/c16-20(17,8-9-7-18-3-4-19-9)15-12-1-2-13(15)11-6-14-5-10(11)12;/h9-14H,1-8H2;1H/t9?,10-,11+,12-,13+;. The lowest BCUT2D eigenvalue weighted by Crippen LogP contribution is -2.45. The highest BCUT2D eigenvalue weighted by molar-refractivity contribution is 7.89. The van der Waals surface area contributed by atoms with E-state index in [0.717, 1.165) is 25.9 Å². The van der Waals surface area contributed by atoms with Crippen molar-refractivity contribution in [1.82, 2.24) is 9.62 Å². The highest BCUT2D eigenvalue weighted by Gasteiger charge is 2.58. The van der Waals surface area contributed by atoms with Crippen LogP contribution in [-0.4, -0.2) is 69.6 Å². The largest absolute Gasteiger partial charge is 0.376 e. The van der Waals surface area contributed by atoms with Gasteiger partial charge in [-0.05, 0) is 37.8 Å². The molecule has 6 nitrogen and oxygen atoms in total. The molecule has 4 aliphatic rings. The summed E-state index contributed by atoms with van der Waals surface area (Å²) >= 11 is 0. The first-order valence-electron chi connectivity index (χ1n) is 7.58. The zero-order valence-corrected chi connectivity index (χ0v) is 13.6. The molecule has 0 spiro atoms. The molecule has 0 aromatic rings. The van der Waals surface area contributed by atoms with Crippen molar-refractivity contribution in [2.75, 3.05) is 38.7 Å². The minimum Gasteiger partial charge on any atom is -0.376 e. The average Bonchev–Trinajstić information content (AvgIpc) is 3.11.